The number of phenols is 1. The number of phenolic OH excluding ortho intramolecular Hbond substituents is 1. The summed E-state index contributed by atoms with van der Waals surface area (Å²) in [6.07, 6.45) is 6.80. The molecule has 0 saturated carbocycles. The minimum absolute atomic E-state index is 0.0996. The number of anilines is 1. The second kappa shape index (κ2) is 8.71. The summed E-state index contributed by atoms with van der Waals surface area (Å²) in [7, 11) is 0. The fraction of sp³-hybridized carbons (Fsp3) is 0.160. The Morgan fingerprint density at radius 2 is 1.82 bits per heavy atom. The van der Waals surface area contributed by atoms with Crippen LogP contribution in [0.1, 0.15) is 28.9 Å². The number of aliphatic hydroxyl groups excluding tert-OH is 1. The van der Waals surface area contributed by atoms with E-state index in [1.807, 2.05) is 6.08 Å². The van der Waals surface area contributed by atoms with Crippen LogP contribution in [0.5, 0.6) is 5.75 Å². The highest BCUT2D eigenvalue weighted by Gasteiger charge is 2.41. The zero-order valence-electron chi connectivity index (χ0n) is 17.5. The van der Waals surface area contributed by atoms with Crippen molar-refractivity contribution < 1.29 is 24.0 Å². The van der Waals surface area contributed by atoms with Crippen molar-refractivity contribution in [2.75, 3.05) is 5.32 Å². The lowest BCUT2D eigenvalue weighted by molar-refractivity contribution is -0.555. The Labute approximate surface area is 194 Å². The van der Waals surface area contributed by atoms with E-state index >= 15 is 0 Å². The second-order valence-electron chi connectivity index (χ2n) is 7.96. The fourth-order valence-corrected chi connectivity index (χ4v) is 4.76. The minimum atomic E-state index is -0.483. The molecule has 5 rings (SSSR count). The average Bonchev–Trinajstić information content (AvgIpc) is 3.13. The first-order valence-corrected chi connectivity index (χ1v) is 11.4. The van der Waals surface area contributed by atoms with Gasteiger partial charge < -0.3 is 10.2 Å². The van der Waals surface area contributed by atoms with Crippen molar-refractivity contribution in [2.45, 2.75) is 35.2 Å². The Bertz CT molecular complexity index is 1290. The Morgan fingerprint density at radius 3 is 2.52 bits per heavy atom. The summed E-state index contributed by atoms with van der Waals surface area (Å²) in [5.74, 6) is 0.672. The first-order chi connectivity index (χ1) is 16.0. The van der Waals surface area contributed by atoms with Gasteiger partial charge in [-0.25, -0.2) is 14.2 Å². The van der Waals surface area contributed by atoms with Gasteiger partial charge in [-0.1, -0.05) is 30.0 Å². The summed E-state index contributed by atoms with van der Waals surface area (Å²) in [4.78, 5) is 18.9. The summed E-state index contributed by atoms with van der Waals surface area (Å²) < 4.78 is 15.0. The summed E-state index contributed by atoms with van der Waals surface area (Å²) >= 11 is 1.35. The van der Waals surface area contributed by atoms with Crippen LogP contribution in [0.2, 0.25) is 0 Å². The fourth-order valence-electron chi connectivity index (χ4n) is 3.87. The Morgan fingerprint density at radius 1 is 1.06 bits per heavy atom. The number of hydrogen-bond acceptors (Lipinski definition) is 6. The van der Waals surface area contributed by atoms with Crippen LogP contribution in [0, 0.1) is 5.82 Å². The van der Waals surface area contributed by atoms with E-state index in [1.54, 1.807) is 53.2 Å². The maximum Gasteiger partial charge on any atom is 0.359 e. The van der Waals surface area contributed by atoms with Gasteiger partial charge in [-0.15, -0.1) is 0 Å². The van der Waals surface area contributed by atoms with Crippen molar-refractivity contribution in [2.24, 2.45) is 0 Å². The third kappa shape index (κ3) is 4.47. The summed E-state index contributed by atoms with van der Waals surface area (Å²) in [6.45, 7) is 0. The largest absolute Gasteiger partial charge is 0.512 e. The van der Waals surface area contributed by atoms with Crippen LogP contribution in [-0.4, -0.2) is 27.1 Å². The van der Waals surface area contributed by atoms with Gasteiger partial charge in [0.2, 0.25) is 0 Å². The van der Waals surface area contributed by atoms with E-state index in [9.17, 15) is 19.4 Å². The maximum atomic E-state index is 13.4. The maximum absolute atomic E-state index is 13.4. The predicted octanol–water partition coefficient (Wildman–Crippen LogP) is 4.66. The Balaban J connectivity index is 1.52. The molecule has 3 aromatic rings. The lowest BCUT2D eigenvalue weighted by Crippen LogP contribution is -2.44. The number of benzene rings is 2. The second-order valence-corrected chi connectivity index (χ2v) is 9.02. The quantitative estimate of drug-likeness (QED) is 0.478. The topological polar surface area (TPSA) is 86.3 Å². The summed E-state index contributed by atoms with van der Waals surface area (Å²) in [5, 5.41) is 23.2. The van der Waals surface area contributed by atoms with E-state index in [2.05, 4.69) is 5.32 Å². The number of nitrogens with zero attached hydrogens (tertiary/aromatic N) is 2. The number of halogens is 1. The monoisotopic (exact) mass is 462 g/mol. The van der Waals surface area contributed by atoms with Crippen molar-refractivity contribution in [1.82, 2.24) is 4.98 Å². The molecule has 0 spiro atoms. The van der Waals surface area contributed by atoms with Crippen molar-refractivity contribution >= 4 is 29.1 Å². The molecule has 1 aliphatic carbocycles. The van der Waals surface area contributed by atoms with Gasteiger partial charge in [0.1, 0.15) is 23.5 Å². The van der Waals surface area contributed by atoms with Crippen LogP contribution in [0.15, 0.2) is 82.6 Å². The molecular formula is C25H21FN3O3S+. The molecule has 0 radical (unpaired) electrons. The van der Waals surface area contributed by atoms with Gasteiger partial charge in [0.15, 0.2) is 11.1 Å². The van der Waals surface area contributed by atoms with E-state index in [1.165, 1.54) is 23.9 Å². The third-order valence-electron chi connectivity index (χ3n) is 5.62. The van der Waals surface area contributed by atoms with Crippen molar-refractivity contribution in [1.29, 1.82) is 0 Å². The highest BCUT2D eigenvalue weighted by atomic mass is 32.2. The lowest BCUT2D eigenvalue weighted by atomic mass is 10.0. The van der Waals surface area contributed by atoms with Crippen molar-refractivity contribution in [3.8, 4) is 5.75 Å². The van der Waals surface area contributed by atoms with Gasteiger partial charge >= 0.3 is 11.7 Å². The molecule has 6 nitrogen and oxygen atoms in total. The molecule has 1 aliphatic heterocycles. The van der Waals surface area contributed by atoms with Crippen LogP contribution in [-0.2, 0) is 6.42 Å². The van der Waals surface area contributed by atoms with Crippen molar-refractivity contribution in [3.05, 3.63) is 89.7 Å². The van der Waals surface area contributed by atoms with Crippen LogP contribution < -0.4 is 9.88 Å². The molecule has 8 heteroatoms. The smallest absolute Gasteiger partial charge is 0.359 e. The molecular weight excluding hydrogens is 441 g/mol. The van der Waals surface area contributed by atoms with Gasteiger partial charge in [-0.2, -0.15) is 4.57 Å². The van der Waals surface area contributed by atoms with Crippen LogP contribution in [0.25, 0.3) is 5.57 Å². The zero-order valence-corrected chi connectivity index (χ0v) is 18.3. The van der Waals surface area contributed by atoms with E-state index in [-0.39, 0.29) is 17.5 Å². The van der Waals surface area contributed by atoms with E-state index in [0.717, 1.165) is 16.0 Å². The van der Waals surface area contributed by atoms with E-state index in [4.69, 9.17) is 4.98 Å². The molecule has 0 bridgehead atoms. The zero-order chi connectivity index (χ0) is 22.9. The summed E-state index contributed by atoms with van der Waals surface area (Å²) in [6, 6.07) is 12.4. The number of nitrogens with one attached hydrogen (secondary N) is 1. The third-order valence-corrected chi connectivity index (χ3v) is 6.61. The lowest BCUT2D eigenvalue weighted by Gasteiger charge is -2.12. The number of aliphatic hydroxyl groups is 1. The van der Waals surface area contributed by atoms with Gasteiger partial charge in [0.25, 0.3) is 0 Å². The SMILES string of the molecule is O=C1C(Cc2ccc(O)cc2)Nc2c(Sc3ccc(F)cc3)nc(C3=CC=C(O)CC3)c[n+]21. The molecule has 33 heavy (non-hydrogen) atoms. The number of rotatable bonds is 5. The summed E-state index contributed by atoms with van der Waals surface area (Å²) in [5.41, 5.74) is 2.51. The van der Waals surface area contributed by atoms with E-state index in [0.29, 0.717) is 41.6 Å². The molecule has 2 heterocycles. The molecule has 2 aromatic carbocycles. The standard InChI is InChI=1S/C25H20FN3O3S/c26-17-5-11-20(12-6-17)33-24-23-27-21(13-15-1-7-18(30)8-2-15)25(32)29(23)14-22(28-24)16-3-9-19(31)10-4-16/h1-3,5-9,11-12,14,21,30-31H,4,10,13H2/p+1. The number of carbonyl (C=O) groups is 1. The predicted molar refractivity (Wildman–Crippen MR) is 123 cm³/mol. The first kappa shape index (κ1) is 21.2. The van der Waals surface area contributed by atoms with Gasteiger partial charge in [-0.3, -0.25) is 5.32 Å². The minimum Gasteiger partial charge on any atom is -0.512 e. The Hall–Kier alpha value is -3.65. The molecule has 1 atom stereocenters. The highest BCUT2D eigenvalue weighted by Crippen LogP contribution is 2.34. The van der Waals surface area contributed by atoms with Crippen LogP contribution in [0.3, 0.4) is 0 Å². The van der Waals surface area contributed by atoms with Gasteiger partial charge in [0, 0.05) is 17.7 Å². The van der Waals surface area contributed by atoms with Gasteiger partial charge in [0.05, 0.1) is 5.76 Å². The molecule has 0 fully saturated rings. The average molecular weight is 463 g/mol. The molecule has 3 N–H and O–H groups in total. The molecule has 1 unspecified atom stereocenters. The van der Waals surface area contributed by atoms with Crippen LogP contribution in [0.4, 0.5) is 10.2 Å². The number of aromatic hydroxyl groups is 1. The highest BCUT2D eigenvalue weighted by molar-refractivity contribution is 7.99. The van der Waals surface area contributed by atoms with Crippen LogP contribution >= 0.6 is 11.8 Å². The number of hydrogen-bond donors (Lipinski definition) is 3. The van der Waals surface area contributed by atoms with Gasteiger partial charge in [-0.05, 0) is 60.0 Å². The normalized spacial score (nSPS) is 17.2. The van der Waals surface area contributed by atoms with Crippen molar-refractivity contribution in [3.63, 3.8) is 0 Å². The molecule has 166 valence electrons. The first-order valence-electron chi connectivity index (χ1n) is 10.5. The number of allylic oxidation sites excluding steroid dienone is 4. The van der Waals surface area contributed by atoms with E-state index < -0.39 is 6.04 Å². The number of fused-ring (bicyclic) bond motifs is 1. The molecule has 2 aliphatic rings. The molecule has 0 saturated heterocycles. The molecule has 0 amide bonds. The number of aromatic nitrogens is 2. The molecule has 1 aromatic heterocycles. The Kier molecular flexibility index (Phi) is 5.60. The number of carbonyl (C=O) groups excluding carboxylic acids is 1.